The van der Waals surface area contributed by atoms with Crippen LogP contribution in [-0.2, 0) is 5.41 Å². The van der Waals surface area contributed by atoms with Crippen LogP contribution in [0.1, 0.15) is 26.5 Å². The number of rotatable bonds is 0. The predicted molar refractivity (Wildman–Crippen MR) is 58.3 cm³/mol. The molecule has 0 radical (unpaired) electrons. The first kappa shape index (κ1) is 9.96. The maximum atomic E-state index is 13.4. The van der Waals surface area contributed by atoms with E-state index >= 15 is 0 Å². The molecule has 0 aliphatic rings. The Balaban J connectivity index is 2.81. The van der Waals surface area contributed by atoms with Crippen molar-refractivity contribution in [2.24, 2.45) is 0 Å². The normalized spacial score (nSPS) is 12.3. The topological polar surface area (TPSA) is 43.3 Å². The fraction of sp³-hybridized carbons (Fsp3) is 0.364. The molecular weight excluding hydrogens is 193 g/mol. The zero-order valence-corrected chi connectivity index (χ0v) is 9.08. The lowest BCUT2D eigenvalue weighted by Gasteiger charge is -2.15. The van der Waals surface area contributed by atoms with Crippen molar-refractivity contribution in [1.82, 2.24) is 9.38 Å². The van der Waals surface area contributed by atoms with Crippen LogP contribution >= 0.6 is 0 Å². The van der Waals surface area contributed by atoms with E-state index in [9.17, 15) is 4.39 Å². The quantitative estimate of drug-likeness (QED) is 0.720. The highest BCUT2D eigenvalue weighted by molar-refractivity contribution is 5.55. The number of nitrogens with two attached hydrogens (primary N) is 1. The number of imidazole rings is 1. The SMILES string of the molecule is CC(C)(C)c1nc2c(F)cccn2c1N. The van der Waals surface area contributed by atoms with Crippen molar-refractivity contribution in [1.29, 1.82) is 0 Å². The van der Waals surface area contributed by atoms with Gasteiger partial charge in [-0.25, -0.2) is 9.37 Å². The van der Waals surface area contributed by atoms with Crippen molar-refractivity contribution in [3.05, 3.63) is 29.8 Å². The molecule has 2 aromatic rings. The maximum Gasteiger partial charge on any atom is 0.175 e. The lowest BCUT2D eigenvalue weighted by molar-refractivity contribution is 0.574. The molecule has 0 unspecified atom stereocenters. The van der Waals surface area contributed by atoms with Crippen molar-refractivity contribution in [2.75, 3.05) is 5.73 Å². The summed E-state index contributed by atoms with van der Waals surface area (Å²) in [6.45, 7) is 6.01. The molecule has 3 nitrogen and oxygen atoms in total. The molecule has 15 heavy (non-hydrogen) atoms. The van der Waals surface area contributed by atoms with Gasteiger partial charge in [0.05, 0.1) is 5.69 Å². The smallest absolute Gasteiger partial charge is 0.175 e. The lowest BCUT2D eigenvalue weighted by Crippen LogP contribution is -2.14. The highest BCUT2D eigenvalue weighted by Crippen LogP contribution is 2.28. The number of nitrogen functional groups attached to an aromatic ring is 1. The van der Waals surface area contributed by atoms with Crippen LogP contribution in [0.3, 0.4) is 0 Å². The Bertz CT molecular complexity index is 508. The Labute approximate surface area is 87.7 Å². The van der Waals surface area contributed by atoms with Crippen molar-refractivity contribution < 1.29 is 4.39 Å². The van der Waals surface area contributed by atoms with Gasteiger partial charge in [-0.05, 0) is 12.1 Å². The molecule has 0 bridgehead atoms. The average molecular weight is 207 g/mol. The van der Waals surface area contributed by atoms with Gasteiger partial charge in [0.1, 0.15) is 5.82 Å². The molecule has 0 atom stereocenters. The summed E-state index contributed by atoms with van der Waals surface area (Å²) in [6.07, 6.45) is 1.72. The Morgan fingerprint density at radius 3 is 2.60 bits per heavy atom. The van der Waals surface area contributed by atoms with Gasteiger partial charge in [-0.3, -0.25) is 4.40 Å². The molecule has 4 heteroatoms. The van der Waals surface area contributed by atoms with Crippen LogP contribution in [0.25, 0.3) is 5.65 Å². The summed E-state index contributed by atoms with van der Waals surface area (Å²) in [5.74, 6) is 0.164. The van der Waals surface area contributed by atoms with Crippen LogP contribution in [0.2, 0.25) is 0 Å². The van der Waals surface area contributed by atoms with Gasteiger partial charge < -0.3 is 5.73 Å². The van der Waals surface area contributed by atoms with Crippen LogP contribution in [0.15, 0.2) is 18.3 Å². The number of nitrogens with zero attached hydrogens (tertiary/aromatic N) is 2. The first-order chi connectivity index (χ1) is 6.91. The number of halogens is 1. The standard InChI is InChI=1S/C11H14FN3/c1-11(2,3)8-9(13)15-6-4-5-7(12)10(15)14-8/h4-6H,13H2,1-3H3. The van der Waals surface area contributed by atoms with Crippen LogP contribution in [-0.4, -0.2) is 9.38 Å². The number of anilines is 1. The maximum absolute atomic E-state index is 13.4. The van der Waals surface area contributed by atoms with Gasteiger partial charge in [0.2, 0.25) is 0 Å². The van der Waals surface area contributed by atoms with Gasteiger partial charge >= 0.3 is 0 Å². The second kappa shape index (κ2) is 2.95. The molecule has 2 N–H and O–H groups in total. The first-order valence-corrected chi connectivity index (χ1v) is 4.84. The molecule has 80 valence electrons. The second-order valence-electron chi connectivity index (χ2n) is 4.65. The van der Waals surface area contributed by atoms with Gasteiger partial charge in [-0.2, -0.15) is 0 Å². The zero-order chi connectivity index (χ0) is 11.2. The molecular formula is C11H14FN3. The van der Waals surface area contributed by atoms with Crippen molar-refractivity contribution >= 4 is 11.5 Å². The summed E-state index contributed by atoms with van der Waals surface area (Å²) in [6, 6.07) is 3.00. The summed E-state index contributed by atoms with van der Waals surface area (Å²) in [4.78, 5) is 4.25. The van der Waals surface area contributed by atoms with Crippen LogP contribution < -0.4 is 5.73 Å². The second-order valence-corrected chi connectivity index (χ2v) is 4.65. The third-order valence-electron chi connectivity index (χ3n) is 2.35. The van der Waals surface area contributed by atoms with E-state index in [-0.39, 0.29) is 11.2 Å². The minimum absolute atomic E-state index is 0.178. The van der Waals surface area contributed by atoms with Gasteiger partial charge in [-0.1, -0.05) is 20.8 Å². The zero-order valence-electron chi connectivity index (χ0n) is 9.08. The molecule has 2 aromatic heterocycles. The molecule has 0 aromatic carbocycles. The summed E-state index contributed by atoms with van der Waals surface area (Å²) >= 11 is 0. The fourth-order valence-electron chi connectivity index (χ4n) is 1.60. The molecule has 0 amide bonds. The van der Waals surface area contributed by atoms with Crippen molar-refractivity contribution in [3.8, 4) is 0 Å². The molecule has 2 heterocycles. The minimum atomic E-state index is -0.347. The van der Waals surface area contributed by atoms with E-state index < -0.39 is 0 Å². The van der Waals surface area contributed by atoms with E-state index in [2.05, 4.69) is 4.98 Å². The monoisotopic (exact) mass is 207 g/mol. The third kappa shape index (κ3) is 1.46. The van der Waals surface area contributed by atoms with E-state index in [0.29, 0.717) is 11.5 Å². The van der Waals surface area contributed by atoms with Gasteiger partial charge in [0.25, 0.3) is 0 Å². The third-order valence-corrected chi connectivity index (χ3v) is 2.35. The number of fused-ring (bicyclic) bond motifs is 1. The fourth-order valence-corrected chi connectivity index (χ4v) is 1.60. The lowest BCUT2D eigenvalue weighted by atomic mass is 9.92. The van der Waals surface area contributed by atoms with Gasteiger partial charge in [0, 0.05) is 11.6 Å². The molecule has 0 aliphatic carbocycles. The van der Waals surface area contributed by atoms with E-state index in [0.717, 1.165) is 5.69 Å². The van der Waals surface area contributed by atoms with Crippen LogP contribution in [0.5, 0.6) is 0 Å². The van der Waals surface area contributed by atoms with Crippen molar-refractivity contribution in [2.45, 2.75) is 26.2 Å². The summed E-state index contributed by atoms with van der Waals surface area (Å²) in [7, 11) is 0. The summed E-state index contributed by atoms with van der Waals surface area (Å²) in [5, 5.41) is 0. The molecule has 0 saturated heterocycles. The molecule has 0 saturated carbocycles. The number of pyridine rings is 1. The number of aromatic nitrogens is 2. The van der Waals surface area contributed by atoms with E-state index in [1.54, 1.807) is 16.7 Å². The Kier molecular flexibility index (Phi) is 1.96. The molecule has 2 rings (SSSR count). The number of hydrogen-bond donors (Lipinski definition) is 1. The van der Waals surface area contributed by atoms with Crippen LogP contribution in [0.4, 0.5) is 10.2 Å². The van der Waals surface area contributed by atoms with E-state index in [4.69, 9.17) is 5.73 Å². The molecule has 0 fully saturated rings. The minimum Gasteiger partial charge on any atom is -0.383 e. The average Bonchev–Trinajstić information content (AvgIpc) is 2.45. The van der Waals surface area contributed by atoms with Crippen molar-refractivity contribution in [3.63, 3.8) is 0 Å². The molecule has 0 spiro atoms. The largest absolute Gasteiger partial charge is 0.383 e. The van der Waals surface area contributed by atoms with E-state index in [1.165, 1.54) is 6.07 Å². The molecule has 0 aliphatic heterocycles. The highest BCUT2D eigenvalue weighted by Gasteiger charge is 2.23. The highest BCUT2D eigenvalue weighted by atomic mass is 19.1. The van der Waals surface area contributed by atoms with E-state index in [1.807, 2.05) is 20.8 Å². The summed E-state index contributed by atoms with van der Waals surface area (Å²) < 4.78 is 15.0. The Morgan fingerprint density at radius 1 is 1.40 bits per heavy atom. The van der Waals surface area contributed by atoms with Crippen LogP contribution in [0, 0.1) is 5.82 Å². The summed E-state index contributed by atoms with van der Waals surface area (Å²) in [5.41, 5.74) is 6.77. The van der Waals surface area contributed by atoms with Gasteiger partial charge in [0.15, 0.2) is 11.5 Å². The van der Waals surface area contributed by atoms with Gasteiger partial charge in [-0.15, -0.1) is 0 Å². The number of hydrogen-bond acceptors (Lipinski definition) is 2. The Morgan fingerprint density at radius 2 is 2.07 bits per heavy atom. The first-order valence-electron chi connectivity index (χ1n) is 4.84. The predicted octanol–water partition coefficient (Wildman–Crippen LogP) is 2.35. The Hall–Kier alpha value is -1.58.